The van der Waals surface area contributed by atoms with Gasteiger partial charge >= 0.3 is 0 Å². The summed E-state index contributed by atoms with van der Waals surface area (Å²) >= 11 is 0. The molecule has 4 unspecified atom stereocenters. The van der Waals surface area contributed by atoms with Crippen LogP contribution in [0.1, 0.15) is 112 Å². The number of allylic oxidation sites excluding steroid dienone is 1. The highest BCUT2D eigenvalue weighted by molar-refractivity contribution is 5.78. The summed E-state index contributed by atoms with van der Waals surface area (Å²) in [4.78, 5) is 12.2. The van der Waals surface area contributed by atoms with E-state index in [2.05, 4.69) is 33.0 Å². The minimum absolute atomic E-state index is 0.103. The van der Waals surface area contributed by atoms with Crippen molar-refractivity contribution in [3.05, 3.63) is 12.2 Å². The van der Waals surface area contributed by atoms with E-state index in [1.807, 2.05) is 26.0 Å². The summed E-state index contributed by atoms with van der Waals surface area (Å²) in [6, 6.07) is 0. The van der Waals surface area contributed by atoms with Crippen molar-refractivity contribution in [3.8, 4) is 0 Å². The van der Waals surface area contributed by atoms with E-state index in [0.717, 1.165) is 31.1 Å². The van der Waals surface area contributed by atoms with Gasteiger partial charge in [-0.25, -0.2) is 0 Å². The Morgan fingerprint density at radius 2 is 1.47 bits per heavy atom. The number of carbonyl (C=O) groups is 1. The van der Waals surface area contributed by atoms with Crippen LogP contribution in [0.4, 0.5) is 0 Å². The molecule has 30 heavy (non-hydrogen) atoms. The second kappa shape index (κ2) is 16.8. The Balaban J connectivity index is 4.27. The third-order valence-electron chi connectivity index (χ3n) is 6.30. The van der Waals surface area contributed by atoms with Crippen molar-refractivity contribution >= 4 is 5.91 Å². The summed E-state index contributed by atoms with van der Waals surface area (Å²) < 4.78 is 0. The predicted octanol–water partition coefficient (Wildman–Crippen LogP) is 6.01. The second-order valence-corrected chi connectivity index (χ2v) is 10.1. The molecule has 0 saturated heterocycles. The zero-order valence-corrected chi connectivity index (χ0v) is 20.8. The van der Waals surface area contributed by atoms with Gasteiger partial charge in [-0.05, 0) is 37.5 Å². The van der Waals surface area contributed by atoms with Gasteiger partial charge in [0, 0.05) is 6.42 Å². The summed E-state index contributed by atoms with van der Waals surface area (Å²) in [5, 5.41) is 22.7. The fourth-order valence-electron chi connectivity index (χ4n) is 4.04. The van der Waals surface area contributed by atoms with Gasteiger partial charge in [-0.2, -0.15) is 0 Å². The average molecular weight is 426 g/mol. The van der Waals surface area contributed by atoms with Crippen molar-refractivity contribution in [2.24, 2.45) is 17.8 Å². The van der Waals surface area contributed by atoms with E-state index >= 15 is 0 Å². The Bertz CT molecular complexity index is 463. The van der Waals surface area contributed by atoms with E-state index in [-0.39, 0.29) is 12.5 Å². The summed E-state index contributed by atoms with van der Waals surface area (Å²) in [7, 11) is 0. The molecule has 0 rings (SSSR count). The maximum atomic E-state index is 12.2. The van der Waals surface area contributed by atoms with Crippen molar-refractivity contribution in [2.75, 3.05) is 6.61 Å². The molecule has 3 N–H and O–H groups in total. The van der Waals surface area contributed by atoms with Gasteiger partial charge in [-0.3, -0.25) is 4.79 Å². The van der Waals surface area contributed by atoms with Crippen LogP contribution in [0.3, 0.4) is 0 Å². The summed E-state index contributed by atoms with van der Waals surface area (Å²) in [6.07, 6.45) is 14.6. The molecule has 0 saturated carbocycles. The Kier molecular flexibility index (Phi) is 16.3. The van der Waals surface area contributed by atoms with Gasteiger partial charge in [0.05, 0.1) is 18.2 Å². The smallest absolute Gasteiger partial charge is 0.224 e. The normalized spacial score (nSPS) is 17.1. The number of hydrogen-bond acceptors (Lipinski definition) is 3. The van der Waals surface area contributed by atoms with Crippen molar-refractivity contribution in [1.82, 2.24) is 5.32 Å². The first-order valence-corrected chi connectivity index (χ1v) is 12.4. The molecular weight excluding hydrogens is 374 g/mol. The molecule has 4 atom stereocenters. The van der Waals surface area contributed by atoms with Gasteiger partial charge in [0.1, 0.15) is 0 Å². The fraction of sp³-hybridized carbons (Fsp3) is 0.885. The molecule has 0 radical (unpaired) electrons. The highest BCUT2D eigenvalue weighted by Crippen LogP contribution is 2.24. The maximum absolute atomic E-state index is 12.2. The lowest BCUT2D eigenvalue weighted by molar-refractivity contribution is -0.124. The SMILES string of the molecule is CC/C=C/CC(=O)NC(C)(CCCC(C)CCCC(C)CCCC(C)C)C(O)CO. The molecule has 0 aromatic carbocycles. The van der Waals surface area contributed by atoms with Crippen molar-refractivity contribution in [2.45, 2.75) is 124 Å². The molecule has 0 heterocycles. The van der Waals surface area contributed by atoms with Crippen molar-refractivity contribution in [1.29, 1.82) is 0 Å². The number of rotatable bonds is 18. The van der Waals surface area contributed by atoms with Gasteiger partial charge in [0.15, 0.2) is 0 Å². The van der Waals surface area contributed by atoms with E-state index < -0.39 is 11.6 Å². The number of aliphatic hydroxyl groups excluding tert-OH is 2. The summed E-state index contributed by atoms with van der Waals surface area (Å²) in [6.45, 7) is 12.8. The number of nitrogens with one attached hydrogen (secondary N) is 1. The first-order valence-electron chi connectivity index (χ1n) is 12.4. The van der Waals surface area contributed by atoms with Gasteiger partial charge in [-0.1, -0.05) is 98.1 Å². The van der Waals surface area contributed by atoms with Crippen LogP contribution < -0.4 is 5.32 Å². The Morgan fingerprint density at radius 3 is 1.97 bits per heavy atom. The first kappa shape index (κ1) is 29.1. The van der Waals surface area contributed by atoms with Crippen LogP contribution >= 0.6 is 0 Å². The molecule has 0 bridgehead atoms. The summed E-state index contributed by atoms with van der Waals surface area (Å²) in [5.74, 6) is 2.17. The Morgan fingerprint density at radius 1 is 0.933 bits per heavy atom. The molecule has 0 aliphatic carbocycles. The number of carbonyl (C=O) groups excluding carboxylic acids is 1. The molecule has 4 nitrogen and oxygen atoms in total. The van der Waals surface area contributed by atoms with Crippen molar-refractivity contribution < 1.29 is 15.0 Å². The average Bonchev–Trinajstić information content (AvgIpc) is 2.67. The molecule has 178 valence electrons. The standard InChI is InChI=1S/C26H51NO3/c1-7-8-9-18-25(30)27-26(6,24(29)20-28)19-12-17-23(5)16-11-15-22(4)14-10-13-21(2)3/h8-9,21-24,28-29H,7,10-20H2,1-6H3,(H,27,30)/b9-8+. The van der Waals surface area contributed by atoms with Crippen molar-refractivity contribution in [3.63, 3.8) is 0 Å². The van der Waals surface area contributed by atoms with Crippen LogP contribution in [0.25, 0.3) is 0 Å². The van der Waals surface area contributed by atoms with Crippen LogP contribution in [0.5, 0.6) is 0 Å². The lowest BCUT2D eigenvalue weighted by Crippen LogP contribution is -2.55. The zero-order valence-electron chi connectivity index (χ0n) is 20.8. The van der Waals surface area contributed by atoms with E-state index in [9.17, 15) is 15.0 Å². The monoisotopic (exact) mass is 425 g/mol. The third-order valence-corrected chi connectivity index (χ3v) is 6.30. The topological polar surface area (TPSA) is 69.6 Å². The van der Waals surface area contributed by atoms with Crippen LogP contribution in [-0.2, 0) is 4.79 Å². The lowest BCUT2D eigenvalue weighted by Gasteiger charge is -2.35. The number of aliphatic hydroxyl groups is 2. The van der Waals surface area contributed by atoms with Gasteiger partial charge in [-0.15, -0.1) is 0 Å². The highest BCUT2D eigenvalue weighted by Gasteiger charge is 2.33. The highest BCUT2D eigenvalue weighted by atomic mass is 16.3. The number of hydrogen-bond donors (Lipinski definition) is 3. The lowest BCUT2D eigenvalue weighted by atomic mass is 9.86. The minimum atomic E-state index is -0.946. The molecule has 0 spiro atoms. The molecule has 0 aromatic heterocycles. The van der Waals surface area contributed by atoms with Gasteiger partial charge in [0.25, 0.3) is 0 Å². The molecule has 0 aromatic rings. The van der Waals surface area contributed by atoms with E-state index in [1.165, 1.54) is 38.5 Å². The Hall–Kier alpha value is -0.870. The van der Waals surface area contributed by atoms with E-state index in [0.29, 0.717) is 18.8 Å². The van der Waals surface area contributed by atoms with Crippen LogP contribution in [0.2, 0.25) is 0 Å². The van der Waals surface area contributed by atoms with Gasteiger partial charge < -0.3 is 15.5 Å². The quantitative estimate of drug-likeness (QED) is 0.236. The van der Waals surface area contributed by atoms with E-state index in [1.54, 1.807) is 0 Å². The molecule has 0 fully saturated rings. The summed E-state index contributed by atoms with van der Waals surface area (Å²) in [5.41, 5.74) is -0.781. The largest absolute Gasteiger partial charge is 0.394 e. The predicted molar refractivity (Wildman–Crippen MR) is 128 cm³/mol. The minimum Gasteiger partial charge on any atom is -0.394 e. The van der Waals surface area contributed by atoms with Crippen LogP contribution in [-0.4, -0.2) is 34.4 Å². The number of amides is 1. The third kappa shape index (κ3) is 14.2. The first-order chi connectivity index (χ1) is 14.1. The molecule has 0 aliphatic heterocycles. The second-order valence-electron chi connectivity index (χ2n) is 10.1. The maximum Gasteiger partial charge on any atom is 0.224 e. The molecule has 0 aliphatic rings. The van der Waals surface area contributed by atoms with E-state index in [4.69, 9.17) is 0 Å². The molecule has 1 amide bonds. The Labute approximate surface area is 186 Å². The molecular formula is C26H51NO3. The fourth-order valence-corrected chi connectivity index (χ4v) is 4.04. The van der Waals surface area contributed by atoms with Crippen LogP contribution in [0, 0.1) is 17.8 Å². The van der Waals surface area contributed by atoms with Crippen LogP contribution in [0.15, 0.2) is 12.2 Å². The zero-order chi connectivity index (χ0) is 23.0. The van der Waals surface area contributed by atoms with Gasteiger partial charge in [0.2, 0.25) is 5.91 Å². The molecule has 4 heteroatoms.